The zero-order chi connectivity index (χ0) is 54.8. The molecule has 75 heavy (non-hydrogen) atoms. The number of hydrogen-bond donors (Lipinski definition) is 7. The van der Waals surface area contributed by atoms with E-state index in [-0.39, 0.29) is 49.7 Å². The lowest BCUT2D eigenvalue weighted by molar-refractivity contribution is -0.130. The van der Waals surface area contributed by atoms with Gasteiger partial charge in [-0.1, -0.05) is 52.0 Å². The Morgan fingerprint density at radius 3 is 1.69 bits per heavy atom. The molecule has 0 bridgehead atoms. The van der Waals surface area contributed by atoms with Gasteiger partial charge in [-0.15, -0.1) is 5.10 Å². The fourth-order valence-electron chi connectivity index (χ4n) is 6.55. The first kappa shape index (κ1) is 66.2. The minimum Gasteiger partial charge on any atom is -0.445 e. The van der Waals surface area contributed by atoms with Crippen molar-refractivity contribution in [2.75, 3.05) is 137 Å². The number of primary amides is 1. The van der Waals surface area contributed by atoms with E-state index in [0.717, 1.165) is 13.0 Å². The van der Waals surface area contributed by atoms with Gasteiger partial charge in [0.1, 0.15) is 12.3 Å². The molecule has 1 aromatic heterocycles. The second-order valence-corrected chi connectivity index (χ2v) is 18.8. The average molecular weight is 1070 g/mol. The highest BCUT2D eigenvalue weighted by atomic mass is 16.6. The van der Waals surface area contributed by atoms with Crippen LogP contribution in [-0.4, -0.2) is 188 Å². The molecule has 0 aliphatic carbocycles. The van der Waals surface area contributed by atoms with Crippen LogP contribution in [0.25, 0.3) is 0 Å². The van der Waals surface area contributed by atoms with Crippen LogP contribution in [0.3, 0.4) is 0 Å². The Morgan fingerprint density at radius 1 is 0.707 bits per heavy atom. The van der Waals surface area contributed by atoms with E-state index in [4.69, 9.17) is 58.3 Å². The summed E-state index contributed by atoms with van der Waals surface area (Å²) in [6.07, 6.45) is 2.84. The highest BCUT2D eigenvalue weighted by Gasteiger charge is 2.28. The SMILES string of the molecule is CC(C)C[C@H](NC(=O)CNO)C(=O)C[C@@H](CCCNC(N)=O)C(=O)Nc1ccc(COC(=O)NCc2cn(CCOCCOCCOCCOCCOCCOCCOCCOCCOCCC(C)(C)C)nn2)cc1. The number of nitrogens with one attached hydrogen (secondary N) is 5. The molecule has 428 valence electrons. The molecule has 0 unspecified atom stereocenters. The summed E-state index contributed by atoms with van der Waals surface area (Å²) in [7, 11) is 0. The monoisotopic (exact) mass is 1070 g/mol. The molecule has 1 heterocycles. The van der Waals surface area contributed by atoms with Gasteiger partial charge in [0.15, 0.2) is 5.78 Å². The zero-order valence-corrected chi connectivity index (χ0v) is 44.9. The Bertz CT molecular complexity index is 1820. The summed E-state index contributed by atoms with van der Waals surface area (Å²) in [5.41, 5.74) is 8.84. The van der Waals surface area contributed by atoms with Crippen LogP contribution in [-0.2, 0) is 81.4 Å². The van der Waals surface area contributed by atoms with Crippen molar-refractivity contribution in [1.82, 2.24) is 36.4 Å². The number of rotatable bonds is 47. The first-order chi connectivity index (χ1) is 36.1. The Labute approximate surface area is 441 Å². The second kappa shape index (κ2) is 42.2. The van der Waals surface area contributed by atoms with Crippen LogP contribution in [0.5, 0.6) is 0 Å². The number of hydrogen-bond acceptors (Lipinski definition) is 19. The van der Waals surface area contributed by atoms with Crippen molar-refractivity contribution in [3.63, 3.8) is 0 Å². The van der Waals surface area contributed by atoms with Crippen LogP contribution < -0.4 is 32.5 Å². The number of carbonyl (C=O) groups excluding carboxylic acids is 5. The minimum absolute atomic E-state index is 0.0467. The summed E-state index contributed by atoms with van der Waals surface area (Å²) < 4.78 is 56.7. The molecule has 2 atom stereocenters. The van der Waals surface area contributed by atoms with E-state index in [1.807, 2.05) is 13.8 Å². The van der Waals surface area contributed by atoms with Crippen molar-refractivity contribution in [3.8, 4) is 0 Å². The van der Waals surface area contributed by atoms with E-state index in [2.05, 4.69) is 52.4 Å². The number of hydroxylamine groups is 1. The van der Waals surface area contributed by atoms with Crippen LogP contribution in [0.2, 0.25) is 0 Å². The van der Waals surface area contributed by atoms with E-state index in [0.29, 0.717) is 149 Å². The van der Waals surface area contributed by atoms with E-state index >= 15 is 0 Å². The van der Waals surface area contributed by atoms with E-state index in [1.165, 1.54) is 0 Å². The molecule has 25 heteroatoms. The minimum atomic E-state index is -0.860. The lowest BCUT2D eigenvalue weighted by atomic mass is 9.90. The molecule has 0 saturated heterocycles. The summed E-state index contributed by atoms with van der Waals surface area (Å²) in [6, 6.07) is 5.08. The predicted octanol–water partition coefficient (Wildman–Crippen LogP) is 2.76. The fourth-order valence-corrected chi connectivity index (χ4v) is 6.55. The number of ketones is 1. The summed E-state index contributed by atoms with van der Waals surface area (Å²) in [5, 5.41) is 27.6. The van der Waals surface area contributed by atoms with Crippen molar-refractivity contribution in [1.29, 1.82) is 0 Å². The molecule has 5 amide bonds. The van der Waals surface area contributed by atoms with Crippen LogP contribution in [0.4, 0.5) is 15.3 Å². The molecular weight excluding hydrogens is 983 g/mol. The molecular formula is C50H87N9O16. The Balaban J connectivity index is 1.48. The first-order valence-electron chi connectivity index (χ1n) is 25.8. The maximum atomic E-state index is 13.4. The lowest BCUT2D eigenvalue weighted by Gasteiger charge is -2.23. The number of Topliss-reactive ketones (excluding diaryl/α,β-unsaturated/α-hetero) is 1. The maximum Gasteiger partial charge on any atom is 0.407 e. The lowest BCUT2D eigenvalue weighted by Crippen LogP contribution is -2.45. The normalized spacial score (nSPS) is 12.4. The Kier molecular flexibility index (Phi) is 37.3. The Hall–Kier alpha value is -4.93. The maximum absolute atomic E-state index is 13.4. The highest BCUT2D eigenvalue weighted by molar-refractivity contribution is 5.97. The third-order valence-electron chi connectivity index (χ3n) is 10.5. The number of aromatic nitrogens is 3. The molecule has 0 saturated carbocycles. The number of nitrogens with zero attached hydrogens (tertiary/aromatic N) is 3. The average Bonchev–Trinajstić information content (AvgIpc) is 3.82. The standard InChI is InChI=1S/C50H87N9O16/c1-39(2)33-44(56-46(61)36-54-65)45(60)34-41(7-6-13-52-48(51)63)47(62)55-42-10-8-40(9-11-42)38-75-49(64)53-35-43-37-59(58-57-43)14-16-67-18-20-69-22-24-71-26-28-73-30-32-74-31-29-72-27-25-70-23-21-68-19-17-66-15-12-50(3,4)5/h8-11,37,39,41,44,54,65H,6-7,12-36,38H2,1-5H3,(H,53,64)(H,55,62)(H,56,61)(H3,51,52,63)/t41-,44+/m1/s1. The van der Waals surface area contributed by atoms with Gasteiger partial charge in [0, 0.05) is 31.2 Å². The summed E-state index contributed by atoms with van der Waals surface area (Å²) in [4.78, 5) is 62.5. The molecule has 2 aromatic rings. The first-order valence-corrected chi connectivity index (χ1v) is 25.8. The highest BCUT2D eigenvalue weighted by Crippen LogP contribution is 2.20. The number of ether oxygens (including phenoxy) is 10. The van der Waals surface area contributed by atoms with Crippen molar-refractivity contribution < 1.29 is 76.5 Å². The van der Waals surface area contributed by atoms with Crippen molar-refractivity contribution >= 4 is 35.4 Å². The molecule has 1 aromatic carbocycles. The number of amides is 5. The predicted molar refractivity (Wildman–Crippen MR) is 275 cm³/mol. The van der Waals surface area contributed by atoms with Crippen molar-refractivity contribution in [3.05, 3.63) is 41.7 Å². The molecule has 8 N–H and O–H groups in total. The molecule has 25 nitrogen and oxygen atoms in total. The molecule has 0 spiro atoms. The number of urea groups is 1. The van der Waals surface area contributed by atoms with Gasteiger partial charge in [0.2, 0.25) is 11.8 Å². The van der Waals surface area contributed by atoms with Gasteiger partial charge in [0.05, 0.1) is 144 Å². The van der Waals surface area contributed by atoms with Crippen molar-refractivity contribution in [2.45, 2.75) is 92.5 Å². The summed E-state index contributed by atoms with van der Waals surface area (Å²) >= 11 is 0. The molecule has 0 radical (unpaired) electrons. The van der Waals surface area contributed by atoms with E-state index in [1.54, 1.807) is 40.6 Å². The van der Waals surface area contributed by atoms with Gasteiger partial charge in [-0.25, -0.2) is 14.3 Å². The topological polar surface area (TPSA) is 315 Å². The fraction of sp³-hybridized carbons (Fsp3) is 0.740. The van der Waals surface area contributed by atoms with Crippen LogP contribution >= 0.6 is 0 Å². The molecule has 0 aliphatic rings. The summed E-state index contributed by atoms with van der Waals surface area (Å²) in [5.74, 6) is -2.07. The van der Waals surface area contributed by atoms with Crippen LogP contribution in [0.1, 0.15) is 78.0 Å². The number of alkyl carbamates (subject to hydrolysis) is 1. The van der Waals surface area contributed by atoms with Crippen molar-refractivity contribution in [2.24, 2.45) is 23.0 Å². The number of carbonyl (C=O) groups is 5. The smallest absolute Gasteiger partial charge is 0.407 e. The Morgan fingerprint density at radius 2 is 1.21 bits per heavy atom. The third kappa shape index (κ3) is 37.5. The van der Waals surface area contributed by atoms with Crippen LogP contribution in [0.15, 0.2) is 30.5 Å². The van der Waals surface area contributed by atoms with Crippen LogP contribution in [0, 0.1) is 17.3 Å². The number of anilines is 1. The molecule has 0 aliphatic heterocycles. The number of nitrogens with two attached hydrogens (primary N) is 1. The van der Waals surface area contributed by atoms with Gasteiger partial charge >= 0.3 is 12.1 Å². The van der Waals surface area contributed by atoms with Gasteiger partial charge < -0.3 is 79.6 Å². The van der Waals surface area contributed by atoms with E-state index < -0.39 is 42.4 Å². The molecule has 0 fully saturated rings. The van der Waals surface area contributed by atoms with Gasteiger partial charge in [-0.2, -0.15) is 5.48 Å². The second-order valence-electron chi connectivity index (χ2n) is 18.8. The van der Waals surface area contributed by atoms with Gasteiger partial charge in [-0.3, -0.25) is 14.4 Å². The molecule has 2 rings (SSSR count). The number of benzene rings is 1. The van der Waals surface area contributed by atoms with E-state index in [9.17, 15) is 24.0 Å². The summed E-state index contributed by atoms with van der Waals surface area (Å²) in [6.45, 7) is 19.5. The largest absolute Gasteiger partial charge is 0.445 e. The quantitative estimate of drug-likeness (QED) is 0.0370. The van der Waals surface area contributed by atoms with Gasteiger partial charge in [-0.05, 0) is 54.7 Å². The third-order valence-corrected chi connectivity index (χ3v) is 10.5. The zero-order valence-electron chi connectivity index (χ0n) is 44.9. The van der Waals surface area contributed by atoms with Gasteiger partial charge in [0.25, 0.3) is 0 Å².